The van der Waals surface area contributed by atoms with E-state index in [0.29, 0.717) is 25.3 Å². The van der Waals surface area contributed by atoms with E-state index >= 15 is 0 Å². The van der Waals surface area contributed by atoms with Crippen LogP contribution in [0.15, 0.2) is 35.3 Å². The number of nitrogens with zero attached hydrogens (tertiary/aromatic N) is 2. The van der Waals surface area contributed by atoms with E-state index in [1.807, 2.05) is 14.0 Å². The summed E-state index contributed by atoms with van der Waals surface area (Å²) in [5.74, 6) is -1.57. The summed E-state index contributed by atoms with van der Waals surface area (Å²) in [5, 5.41) is 6.10. The summed E-state index contributed by atoms with van der Waals surface area (Å²) in [7, 11) is 2.05. The van der Waals surface area contributed by atoms with Crippen LogP contribution in [-0.4, -0.2) is 54.8 Å². The number of nitrogens with one attached hydrogen (secondary N) is 2. The van der Waals surface area contributed by atoms with Crippen LogP contribution in [-0.2, 0) is 10.3 Å². The molecule has 1 aromatic heterocycles. The van der Waals surface area contributed by atoms with Gasteiger partial charge in [0.1, 0.15) is 5.82 Å². The van der Waals surface area contributed by atoms with Crippen molar-refractivity contribution in [3.8, 4) is 0 Å². The van der Waals surface area contributed by atoms with Gasteiger partial charge in [0.25, 0.3) is 17.9 Å². The zero-order chi connectivity index (χ0) is 26.0. The van der Waals surface area contributed by atoms with Crippen LogP contribution >= 0.6 is 0 Å². The molecular weight excluding hydrogens is 473 g/mol. The molecule has 0 radical (unpaired) electrons. The number of aromatic nitrogens is 1. The van der Waals surface area contributed by atoms with Crippen molar-refractivity contribution in [3.05, 3.63) is 63.3 Å². The molecule has 2 saturated heterocycles. The van der Waals surface area contributed by atoms with Gasteiger partial charge in [0.05, 0.1) is 35.0 Å². The van der Waals surface area contributed by atoms with Gasteiger partial charge in [0.15, 0.2) is 0 Å². The Morgan fingerprint density at radius 1 is 1.22 bits per heavy atom. The van der Waals surface area contributed by atoms with Gasteiger partial charge < -0.3 is 24.8 Å². The second-order valence-corrected chi connectivity index (χ2v) is 10.1. The number of rotatable bonds is 7. The minimum absolute atomic E-state index is 0.0320. The van der Waals surface area contributed by atoms with Gasteiger partial charge in [-0.25, -0.2) is 13.2 Å². The van der Waals surface area contributed by atoms with Crippen LogP contribution in [0, 0.1) is 5.82 Å². The molecular formula is C26H33F3N4O3. The molecule has 4 rings (SSSR count). The highest BCUT2D eigenvalue weighted by Gasteiger charge is 2.34. The summed E-state index contributed by atoms with van der Waals surface area (Å²) in [6, 6.07) is 4.39. The minimum atomic E-state index is -2.96. The Kier molecular flexibility index (Phi) is 7.75. The number of likely N-dealkylation sites (tertiary alicyclic amines) is 1. The second-order valence-electron chi connectivity index (χ2n) is 10.1. The molecule has 1 aromatic carbocycles. The standard InChI is InChI=1S/C26H33F3N4O3/c1-16(18-5-4-6-19(23(18)27)24(28)29)30-25(35)20-14-33(26(2)9-12-36-15-26)22(34)13-21(20)31-17-7-10-32(3)11-8-17/h4-6,13-14,16-17,24,31H,7-12,15H2,1-3H3,(H,30,35)/t16?,26-/m1/s1. The number of ether oxygens (including phenoxy) is 1. The highest BCUT2D eigenvalue weighted by atomic mass is 19.3. The molecule has 3 heterocycles. The second kappa shape index (κ2) is 10.6. The lowest BCUT2D eigenvalue weighted by atomic mass is 9.99. The maximum atomic E-state index is 14.7. The summed E-state index contributed by atoms with van der Waals surface area (Å²) in [6.45, 7) is 6.08. The summed E-state index contributed by atoms with van der Waals surface area (Å²) in [4.78, 5) is 28.8. The third-order valence-corrected chi connectivity index (χ3v) is 7.26. The number of carbonyl (C=O) groups is 1. The molecule has 2 atom stereocenters. The first-order valence-corrected chi connectivity index (χ1v) is 12.3. The number of pyridine rings is 1. The van der Waals surface area contributed by atoms with Crippen molar-refractivity contribution in [2.45, 2.75) is 57.2 Å². The molecule has 7 nitrogen and oxygen atoms in total. The van der Waals surface area contributed by atoms with Gasteiger partial charge in [-0.15, -0.1) is 0 Å². The number of piperidine rings is 1. The number of hydrogen-bond acceptors (Lipinski definition) is 5. The molecule has 2 aliphatic rings. The van der Waals surface area contributed by atoms with Gasteiger partial charge in [-0.1, -0.05) is 18.2 Å². The van der Waals surface area contributed by atoms with Crippen LogP contribution in [0.4, 0.5) is 18.9 Å². The van der Waals surface area contributed by atoms with E-state index < -0.39 is 35.3 Å². The maximum absolute atomic E-state index is 14.7. The molecule has 36 heavy (non-hydrogen) atoms. The highest BCUT2D eigenvalue weighted by Crippen LogP contribution is 2.29. The first kappa shape index (κ1) is 26.2. The zero-order valence-corrected chi connectivity index (χ0v) is 20.8. The summed E-state index contributed by atoms with van der Waals surface area (Å²) in [6.07, 6.45) is 0.902. The average molecular weight is 507 g/mol. The number of halogens is 3. The molecule has 2 aliphatic heterocycles. The molecule has 0 bridgehead atoms. The summed E-state index contributed by atoms with van der Waals surface area (Å²) >= 11 is 0. The Bertz CT molecular complexity index is 1160. The van der Waals surface area contributed by atoms with E-state index in [1.54, 1.807) is 0 Å². The van der Waals surface area contributed by atoms with Gasteiger partial charge in [-0.3, -0.25) is 9.59 Å². The van der Waals surface area contributed by atoms with Crippen molar-refractivity contribution in [1.29, 1.82) is 0 Å². The molecule has 0 aliphatic carbocycles. The van der Waals surface area contributed by atoms with Gasteiger partial charge in [-0.05, 0) is 53.2 Å². The monoisotopic (exact) mass is 506 g/mol. The van der Waals surface area contributed by atoms with E-state index in [-0.39, 0.29) is 22.7 Å². The number of amides is 1. The van der Waals surface area contributed by atoms with Crippen molar-refractivity contribution >= 4 is 11.6 Å². The van der Waals surface area contributed by atoms with Crippen LogP contribution in [0.5, 0.6) is 0 Å². The Morgan fingerprint density at radius 2 is 1.92 bits per heavy atom. The predicted molar refractivity (Wildman–Crippen MR) is 131 cm³/mol. The van der Waals surface area contributed by atoms with E-state index in [9.17, 15) is 22.8 Å². The lowest BCUT2D eigenvalue weighted by Crippen LogP contribution is -2.41. The smallest absolute Gasteiger partial charge is 0.266 e. The third kappa shape index (κ3) is 5.44. The normalized spacial score (nSPS) is 22.1. The predicted octanol–water partition coefficient (Wildman–Crippen LogP) is 4.06. The molecule has 2 aromatic rings. The van der Waals surface area contributed by atoms with Gasteiger partial charge in [0.2, 0.25) is 0 Å². The van der Waals surface area contributed by atoms with Crippen LogP contribution in [0.3, 0.4) is 0 Å². The van der Waals surface area contributed by atoms with E-state index in [4.69, 9.17) is 4.74 Å². The van der Waals surface area contributed by atoms with Crippen LogP contribution in [0.1, 0.15) is 67.1 Å². The SMILES string of the molecule is CC(NC(=O)c1cn([C@]2(C)CCOC2)c(=O)cc1NC1CCN(C)CC1)c1cccc(C(F)F)c1F. The van der Waals surface area contributed by atoms with Crippen molar-refractivity contribution in [2.75, 3.05) is 38.7 Å². The van der Waals surface area contributed by atoms with E-state index in [1.165, 1.54) is 35.9 Å². The van der Waals surface area contributed by atoms with Crippen LogP contribution in [0.25, 0.3) is 0 Å². The number of alkyl halides is 2. The van der Waals surface area contributed by atoms with Crippen molar-refractivity contribution in [2.24, 2.45) is 0 Å². The lowest BCUT2D eigenvalue weighted by Gasteiger charge is -2.31. The quantitative estimate of drug-likeness (QED) is 0.593. The molecule has 0 spiro atoms. The highest BCUT2D eigenvalue weighted by molar-refractivity contribution is 5.99. The number of carbonyl (C=O) groups excluding carboxylic acids is 1. The summed E-state index contributed by atoms with van der Waals surface area (Å²) < 4.78 is 48.1. The van der Waals surface area contributed by atoms with Crippen molar-refractivity contribution in [3.63, 3.8) is 0 Å². The number of benzene rings is 1. The van der Waals surface area contributed by atoms with Gasteiger partial charge in [0, 0.05) is 30.5 Å². The fourth-order valence-corrected chi connectivity index (χ4v) is 4.90. The average Bonchev–Trinajstić information content (AvgIpc) is 3.27. The van der Waals surface area contributed by atoms with Crippen LogP contribution < -0.4 is 16.2 Å². The Labute approximate surface area is 208 Å². The Hall–Kier alpha value is -2.85. The minimum Gasteiger partial charge on any atom is -0.381 e. The molecule has 0 saturated carbocycles. The molecule has 196 valence electrons. The molecule has 10 heteroatoms. The molecule has 1 amide bonds. The van der Waals surface area contributed by atoms with E-state index in [2.05, 4.69) is 15.5 Å². The molecule has 2 N–H and O–H groups in total. The van der Waals surface area contributed by atoms with Crippen molar-refractivity contribution in [1.82, 2.24) is 14.8 Å². The Balaban J connectivity index is 1.66. The summed E-state index contributed by atoms with van der Waals surface area (Å²) in [5.41, 5.74) is -0.949. The largest absolute Gasteiger partial charge is 0.381 e. The molecule has 2 fully saturated rings. The van der Waals surface area contributed by atoms with Crippen molar-refractivity contribution < 1.29 is 22.7 Å². The first-order valence-electron chi connectivity index (χ1n) is 12.3. The topological polar surface area (TPSA) is 75.6 Å². The number of hydrogen-bond donors (Lipinski definition) is 2. The number of anilines is 1. The molecule has 1 unspecified atom stereocenters. The fraction of sp³-hybridized carbons (Fsp3) is 0.538. The van der Waals surface area contributed by atoms with Crippen LogP contribution in [0.2, 0.25) is 0 Å². The lowest BCUT2D eigenvalue weighted by molar-refractivity contribution is 0.0938. The van der Waals surface area contributed by atoms with Gasteiger partial charge in [-0.2, -0.15) is 0 Å². The fourth-order valence-electron chi connectivity index (χ4n) is 4.90. The Morgan fingerprint density at radius 3 is 2.56 bits per heavy atom. The first-order chi connectivity index (χ1) is 17.1. The van der Waals surface area contributed by atoms with Gasteiger partial charge >= 0.3 is 0 Å². The zero-order valence-electron chi connectivity index (χ0n) is 20.8. The third-order valence-electron chi connectivity index (χ3n) is 7.26. The van der Waals surface area contributed by atoms with E-state index in [0.717, 1.165) is 32.0 Å². The maximum Gasteiger partial charge on any atom is 0.266 e.